The van der Waals surface area contributed by atoms with E-state index < -0.39 is 59.1 Å². The molecule has 1 saturated heterocycles. The topological polar surface area (TPSA) is 147 Å². The van der Waals surface area contributed by atoms with E-state index in [1.807, 2.05) is 7.05 Å². The number of nitriles is 1. The van der Waals surface area contributed by atoms with Crippen molar-refractivity contribution >= 4 is 29.4 Å². The Morgan fingerprint density at radius 2 is 1.63 bits per heavy atom. The molecule has 3 atom stereocenters. The van der Waals surface area contributed by atoms with E-state index in [4.69, 9.17) is 5.26 Å². The number of piperazine rings is 1. The highest BCUT2D eigenvalue weighted by Gasteiger charge is 2.44. The first-order valence-corrected chi connectivity index (χ1v) is 17.7. The second kappa shape index (κ2) is 16.6. The second-order valence-electron chi connectivity index (χ2n) is 14.0. The Labute approximate surface area is 296 Å². The number of alkyl halides is 2. The molecule has 51 heavy (non-hydrogen) atoms. The third-order valence-electron chi connectivity index (χ3n) is 10.4. The van der Waals surface area contributed by atoms with Crippen molar-refractivity contribution in [3.8, 4) is 6.07 Å². The number of anilines is 1. The molecule has 3 fully saturated rings. The molecular weight excluding hydrogens is 663 g/mol. The molecule has 0 radical (unpaired) electrons. The van der Waals surface area contributed by atoms with E-state index in [9.17, 15) is 19.2 Å². The third-order valence-corrected chi connectivity index (χ3v) is 10.4. The summed E-state index contributed by atoms with van der Waals surface area (Å²) in [5, 5.41) is 19.6. The number of carbonyl (C=O) groups excluding carboxylic acids is 4. The zero-order valence-corrected chi connectivity index (χ0v) is 29.0. The lowest BCUT2D eigenvalue weighted by Crippen LogP contribution is -2.58. The van der Waals surface area contributed by atoms with Crippen LogP contribution in [-0.4, -0.2) is 84.9 Å². The average Bonchev–Trinajstić information content (AvgIpc) is 3.11. The van der Waals surface area contributed by atoms with Gasteiger partial charge in [0.1, 0.15) is 17.9 Å². The second-order valence-corrected chi connectivity index (χ2v) is 14.0. The molecule has 5 amide bonds. The third kappa shape index (κ3) is 9.18. The highest BCUT2D eigenvalue weighted by atomic mass is 19.3. The van der Waals surface area contributed by atoms with Gasteiger partial charge in [0, 0.05) is 43.7 Å². The molecule has 4 N–H and O–H groups in total. The molecule has 2 saturated carbocycles. The van der Waals surface area contributed by atoms with Crippen molar-refractivity contribution in [3.05, 3.63) is 65.0 Å². The summed E-state index contributed by atoms with van der Waals surface area (Å²) < 4.78 is 46.4. The quantitative estimate of drug-likeness (QED) is 0.269. The number of halogens is 3. The van der Waals surface area contributed by atoms with Crippen LogP contribution in [0.4, 0.5) is 23.7 Å². The summed E-state index contributed by atoms with van der Waals surface area (Å²) in [4.78, 5) is 57.1. The Balaban J connectivity index is 1.32. The normalized spacial score (nSPS) is 19.1. The molecule has 1 heterocycles. The van der Waals surface area contributed by atoms with Crippen molar-refractivity contribution in [2.75, 3.05) is 38.5 Å². The standard InChI is InChI=1S/C37H46F3N7O4/c1-23(31(45-36(51)42-28-12-7-13-28)34(49)47-18-16-46(2)17-19-47)26-14-15-30(29(38)21-26)43-33(48)32(25-9-4-3-5-10-25)44-35(50)37(39,40)27-11-6-8-24(20-27)22-41/h6,8,11,14-15,20-21,23,25,28,31-32H,3-5,7,9-10,12-13,16-19H2,1-2H3,(H,43,48)(H,44,50)(H2,42,45,51). The molecule has 5 rings (SSSR count). The molecule has 1 aliphatic heterocycles. The molecule has 2 aliphatic carbocycles. The van der Waals surface area contributed by atoms with E-state index in [0.717, 1.165) is 50.7 Å². The molecule has 0 bridgehead atoms. The zero-order valence-electron chi connectivity index (χ0n) is 29.0. The van der Waals surface area contributed by atoms with Crippen molar-refractivity contribution in [2.24, 2.45) is 5.92 Å². The largest absolute Gasteiger partial charge is 0.349 e. The van der Waals surface area contributed by atoms with Gasteiger partial charge in [-0.15, -0.1) is 0 Å². The van der Waals surface area contributed by atoms with Gasteiger partial charge in [-0.25, -0.2) is 9.18 Å². The maximum Gasteiger partial charge on any atom is 0.349 e. The minimum Gasteiger partial charge on any atom is -0.338 e. The number of benzene rings is 2. The van der Waals surface area contributed by atoms with E-state index >= 15 is 13.2 Å². The number of nitrogens with zero attached hydrogens (tertiary/aromatic N) is 3. The van der Waals surface area contributed by atoms with Crippen LogP contribution in [-0.2, 0) is 20.3 Å². The van der Waals surface area contributed by atoms with Crippen LogP contribution in [0.25, 0.3) is 0 Å². The van der Waals surface area contributed by atoms with E-state index in [1.165, 1.54) is 24.3 Å². The fourth-order valence-corrected chi connectivity index (χ4v) is 6.88. The van der Waals surface area contributed by atoms with Gasteiger partial charge >= 0.3 is 12.0 Å². The van der Waals surface area contributed by atoms with Crippen molar-refractivity contribution in [3.63, 3.8) is 0 Å². The van der Waals surface area contributed by atoms with Crippen LogP contribution in [0.2, 0.25) is 0 Å². The summed E-state index contributed by atoms with van der Waals surface area (Å²) in [6.45, 7) is 4.05. The van der Waals surface area contributed by atoms with Gasteiger partial charge in [-0.3, -0.25) is 14.4 Å². The predicted molar refractivity (Wildman–Crippen MR) is 184 cm³/mol. The van der Waals surface area contributed by atoms with Crippen LogP contribution in [0.3, 0.4) is 0 Å². The van der Waals surface area contributed by atoms with Gasteiger partial charge in [-0.1, -0.05) is 44.4 Å². The summed E-state index contributed by atoms with van der Waals surface area (Å²) in [6, 6.07) is 7.58. The first-order valence-electron chi connectivity index (χ1n) is 17.7. The van der Waals surface area contributed by atoms with Crippen LogP contribution in [0.15, 0.2) is 42.5 Å². The number of rotatable bonds is 11. The number of nitrogens with one attached hydrogen (secondary N) is 4. The SMILES string of the molecule is CC(c1ccc(NC(=O)C(NC(=O)C(F)(F)c2cccc(C#N)c2)C2CCCCC2)c(F)c1)C(NC(=O)NC1CCC1)C(=O)N1CCN(C)CC1. The maximum absolute atomic E-state index is 15.7. The fraction of sp³-hybridized carbons (Fsp3) is 0.541. The lowest BCUT2D eigenvalue weighted by atomic mass is 9.83. The highest BCUT2D eigenvalue weighted by Crippen LogP contribution is 2.32. The molecule has 3 aliphatic rings. The van der Waals surface area contributed by atoms with Crippen LogP contribution in [0.1, 0.15) is 80.9 Å². The van der Waals surface area contributed by atoms with Crippen LogP contribution >= 0.6 is 0 Å². The highest BCUT2D eigenvalue weighted by molar-refractivity contribution is 5.98. The predicted octanol–water partition coefficient (Wildman–Crippen LogP) is 4.59. The number of amides is 5. The lowest BCUT2D eigenvalue weighted by Gasteiger charge is -2.37. The van der Waals surface area contributed by atoms with Gasteiger partial charge in [0.05, 0.1) is 17.3 Å². The van der Waals surface area contributed by atoms with Crippen molar-refractivity contribution in [1.82, 2.24) is 25.8 Å². The van der Waals surface area contributed by atoms with Gasteiger partial charge in [0.2, 0.25) is 11.8 Å². The van der Waals surface area contributed by atoms with Crippen molar-refractivity contribution in [2.45, 2.75) is 88.3 Å². The minimum absolute atomic E-state index is 0.0440. The van der Waals surface area contributed by atoms with Gasteiger partial charge < -0.3 is 31.1 Å². The lowest BCUT2D eigenvalue weighted by molar-refractivity contribution is -0.149. The monoisotopic (exact) mass is 709 g/mol. The Hall–Kier alpha value is -4.64. The average molecular weight is 710 g/mol. The molecule has 2 aromatic carbocycles. The van der Waals surface area contributed by atoms with Gasteiger partial charge in [0.25, 0.3) is 5.91 Å². The summed E-state index contributed by atoms with van der Waals surface area (Å²) in [7, 11) is 1.97. The zero-order chi connectivity index (χ0) is 36.7. The van der Waals surface area contributed by atoms with E-state index in [1.54, 1.807) is 24.0 Å². The van der Waals surface area contributed by atoms with Crippen molar-refractivity contribution in [1.29, 1.82) is 5.26 Å². The molecule has 2 aromatic rings. The summed E-state index contributed by atoms with van der Waals surface area (Å²) >= 11 is 0. The van der Waals surface area contributed by atoms with E-state index in [-0.39, 0.29) is 23.2 Å². The summed E-state index contributed by atoms with van der Waals surface area (Å²) in [6.07, 6.45) is 6.16. The van der Waals surface area contributed by atoms with Crippen LogP contribution in [0, 0.1) is 23.1 Å². The number of hydrogen-bond acceptors (Lipinski definition) is 6. The van der Waals surface area contributed by atoms with Crippen LogP contribution in [0.5, 0.6) is 0 Å². The van der Waals surface area contributed by atoms with E-state index in [2.05, 4.69) is 26.2 Å². The number of likely N-dealkylation sites (N-methyl/N-ethyl adjacent to an activating group) is 1. The minimum atomic E-state index is -4.04. The Morgan fingerprint density at radius 1 is 0.922 bits per heavy atom. The molecule has 0 spiro atoms. The fourth-order valence-electron chi connectivity index (χ4n) is 6.88. The smallest absolute Gasteiger partial charge is 0.338 e. The Bertz CT molecular complexity index is 1630. The number of hydrogen-bond donors (Lipinski definition) is 4. The Kier molecular flexibility index (Phi) is 12.2. The first kappa shape index (κ1) is 37.6. The summed E-state index contributed by atoms with van der Waals surface area (Å²) in [5.74, 6) is -8.79. The molecule has 274 valence electrons. The van der Waals surface area contributed by atoms with Crippen molar-refractivity contribution < 1.29 is 32.3 Å². The van der Waals surface area contributed by atoms with Crippen LogP contribution < -0.4 is 21.3 Å². The first-order chi connectivity index (χ1) is 24.4. The Morgan fingerprint density at radius 3 is 2.25 bits per heavy atom. The molecule has 0 aromatic heterocycles. The molecular formula is C37H46F3N7O4. The van der Waals surface area contributed by atoms with E-state index in [0.29, 0.717) is 44.6 Å². The number of carbonyl (C=O) groups is 4. The van der Waals surface area contributed by atoms with Gasteiger partial charge in [-0.05, 0) is 74.9 Å². The molecule has 3 unspecified atom stereocenters. The summed E-state index contributed by atoms with van der Waals surface area (Å²) in [5.41, 5.74) is -0.551. The van der Waals surface area contributed by atoms with Gasteiger partial charge in [-0.2, -0.15) is 14.0 Å². The number of urea groups is 1. The molecule has 11 nitrogen and oxygen atoms in total. The molecule has 14 heteroatoms. The maximum atomic E-state index is 15.7. The van der Waals surface area contributed by atoms with Gasteiger partial charge in [0.15, 0.2) is 0 Å².